The van der Waals surface area contributed by atoms with Crippen LogP contribution in [0.3, 0.4) is 0 Å². The van der Waals surface area contributed by atoms with Gasteiger partial charge in [-0.2, -0.15) is 0 Å². The number of hydroxylamine groups is 2. The van der Waals surface area contributed by atoms with Crippen LogP contribution in [0.4, 0.5) is 0 Å². The molecule has 0 aromatic rings. The van der Waals surface area contributed by atoms with Crippen molar-refractivity contribution in [2.45, 2.75) is 19.4 Å². The van der Waals surface area contributed by atoms with Crippen molar-refractivity contribution in [2.24, 2.45) is 0 Å². The van der Waals surface area contributed by atoms with Gasteiger partial charge in [-0.15, -0.1) is 5.06 Å². The Morgan fingerprint density at radius 3 is 3.00 bits per heavy atom. The van der Waals surface area contributed by atoms with Gasteiger partial charge in [0.25, 0.3) is 0 Å². The first kappa shape index (κ1) is 9.28. The Bertz CT molecular complexity index is 336. The van der Waals surface area contributed by atoms with Crippen molar-refractivity contribution in [3.05, 3.63) is 47.8 Å². The first-order valence-corrected chi connectivity index (χ1v) is 4.90. The highest BCUT2D eigenvalue weighted by atomic mass is 16.7. The summed E-state index contributed by atoms with van der Waals surface area (Å²) in [6, 6.07) is 0.258. The molecule has 2 heteroatoms. The van der Waals surface area contributed by atoms with Gasteiger partial charge in [-0.25, -0.2) is 0 Å². The summed E-state index contributed by atoms with van der Waals surface area (Å²) in [5.41, 5.74) is 1.28. The van der Waals surface area contributed by atoms with Crippen LogP contribution in [0.1, 0.15) is 13.3 Å². The van der Waals surface area contributed by atoms with Crippen molar-refractivity contribution in [1.29, 1.82) is 0 Å². The molecule has 74 valence electrons. The maximum absolute atomic E-state index is 5.46. The number of nitrogens with zero attached hydrogens (tertiary/aromatic N) is 1. The van der Waals surface area contributed by atoms with Gasteiger partial charge in [0.2, 0.25) is 0 Å². The van der Waals surface area contributed by atoms with Gasteiger partial charge in [0.1, 0.15) is 5.76 Å². The Kier molecular flexibility index (Phi) is 2.55. The molecule has 0 amide bonds. The second-order valence-corrected chi connectivity index (χ2v) is 3.59. The average molecular weight is 189 g/mol. The number of likely N-dealkylation sites (N-methyl/N-ethyl adjacent to an activating group) is 1. The molecule has 0 aromatic heterocycles. The smallest absolute Gasteiger partial charge is 0.119 e. The van der Waals surface area contributed by atoms with Crippen LogP contribution in [0.2, 0.25) is 0 Å². The first-order chi connectivity index (χ1) is 6.77. The van der Waals surface area contributed by atoms with Gasteiger partial charge in [0, 0.05) is 7.05 Å². The van der Waals surface area contributed by atoms with Crippen molar-refractivity contribution in [1.82, 2.24) is 5.06 Å². The Morgan fingerprint density at radius 2 is 2.29 bits per heavy atom. The lowest BCUT2D eigenvalue weighted by molar-refractivity contribution is -0.0841. The zero-order chi connectivity index (χ0) is 9.97. The molecule has 1 atom stereocenters. The van der Waals surface area contributed by atoms with E-state index in [-0.39, 0.29) is 6.04 Å². The molecule has 1 heterocycles. The molecule has 1 aliphatic carbocycles. The van der Waals surface area contributed by atoms with E-state index in [1.165, 1.54) is 5.57 Å². The fourth-order valence-corrected chi connectivity index (χ4v) is 1.74. The maximum Gasteiger partial charge on any atom is 0.119 e. The lowest BCUT2D eigenvalue weighted by Gasteiger charge is -2.18. The molecule has 14 heavy (non-hydrogen) atoms. The van der Waals surface area contributed by atoms with Gasteiger partial charge in [-0.3, -0.25) is 0 Å². The lowest BCUT2D eigenvalue weighted by Crippen LogP contribution is -2.25. The third kappa shape index (κ3) is 1.80. The Labute approximate surface area is 84.8 Å². The highest BCUT2D eigenvalue weighted by molar-refractivity contribution is 5.35. The average Bonchev–Trinajstić information content (AvgIpc) is 2.43. The fraction of sp³-hybridized carbons (Fsp3) is 0.333. The van der Waals surface area contributed by atoms with E-state index in [1.807, 2.05) is 19.0 Å². The molecular weight excluding hydrogens is 174 g/mol. The molecule has 2 aliphatic rings. The largest absolute Gasteiger partial charge is 0.410 e. The maximum atomic E-state index is 5.46. The third-order valence-corrected chi connectivity index (χ3v) is 2.42. The van der Waals surface area contributed by atoms with Crippen LogP contribution in [-0.4, -0.2) is 18.2 Å². The minimum atomic E-state index is 0.258. The van der Waals surface area contributed by atoms with Gasteiger partial charge >= 0.3 is 0 Å². The minimum absolute atomic E-state index is 0.258. The van der Waals surface area contributed by atoms with Crippen molar-refractivity contribution in [3.8, 4) is 0 Å². The lowest BCUT2D eigenvalue weighted by atomic mass is 10.1. The van der Waals surface area contributed by atoms with Crippen LogP contribution in [0.25, 0.3) is 0 Å². The SMILES string of the molecule is CC1=CC(C2=CC=CCC=C2)N(C)O1. The molecule has 1 unspecified atom stereocenters. The molecule has 0 aromatic carbocycles. The number of allylic oxidation sites excluding steroid dienone is 5. The highest BCUT2D eigenvalue weighted by Gasteiger charge is 2.23. The van der Waals surface area contributed by atoms with E-state index in [0.29, 0.717) is 0 Å². The Morgan fingerprint density at radius 1 is 1.43 bits per heavy atom. The zero-order valence-electron chi connectivity index (χ0n) is 8.60. The van der Waals surface area contributed by atoms with Crippen LogP contribution >= 0.6 is 0 Å². The summed E-state index contributed by atoms with van der Waals surface area (Å²) in [6.07, 6.45) is 13.9. The molecule has 0 radical (unpaired) electrons. The van der Waals surface area contributed by atoms with Crippen LogP contribution in [0, 0.1) is 0 Å². The molecule has 0 fully saturated rings. The van der Waals surface area contributed by atoms with E-state index in [9.17, 15) is 0 Å². The van der Waals surface area contributed by atoms with E-state index in [2.05, 4.69) is 36.5 Å². The van der Waals surface area contributed by atoms with Crippen LogP contribution in [0.5, 0.6) is 0 Å². The molecule has 0 spiro atoms. The molecule has 0 saturated heterocycles. The molecule has 2 rings (SSSR count). The second-order valence-electron chi connectivity index (χ2n) is 3.59. The predicted molar refractivity (Wildman–Crippen MR) is 57.4 cm³/mol. The summed E-state index contributed by atoms with van der Waals surface area (Å²) in [5.74, 6) is 0.972. The molecule has 2 nitrogen and oxygen atoms in total. The minimum Gasteiger partial charge on any atom is -0.410 e. The fourth-order valence-electron chi connectivity index (χ4n) is 1.74. The topological polar surface area (TPSA) is 12.5 Å². The van der Waals surface area contributed by atoms with Gasteiger partial charge in [0.05, 0.1) is 6.04 Å². The summed E-state index contributed by atoms with van der Waals surface area (Å²) in [7, 11) is 1.96. The zero-order valence-corrected chi connectivity index (χ0v) is 8.60. The normalized spacial score (nSPS) is 26.9. The molecular formula is C12H15NO. The van der Waals surface area contributed by atoms with E-state index < -0.39 is 0 Å². The quantitative estimate of drug-likeness (QED) is 0.628. The predicted octanol–water partition coefficient (Wildman–Crippen LogP) is 2.58. The van der Waals surface area contributed by atoms with E-state index in [1.54, 1.807) is 0 Å². The number of hydrogen-bond acceptors (Lipinski definition) is 2. The number of rotatable bonds is 1. The molecule has 1 aliphatic heterocycles. The van der Waals surface area contributed by atoms with Crippen molar-refractivity contribution < 1.29 is 4.84 Å². The van der Waals surface area contributed by atoms with Crippen LogP contribution < -0.4 is 0 Å². The monoisotopic (exact) mass is 189 g/mol. The van der Waals surface area contributed by atoms with Crippen LogP contribution in [-0.2, 0) is 4.84 Å². The standard InChI is InChI=1S/C12H15NO/c1-10-9-12(13(2)14-10)11-7-5-3-4-6-8-11/h3,5-9,12H,4H2,1-2H3. The second kappa shape index (κ2) is 3.84. The van der Waals surface area contributed by atoms with E-state index in [4.69, 9.17) is 4.84 Å². The Balaban J connectivity index is 2.22. The van der Waals surface area contributed by atoms with E-state index >= 15 is 0 Å². The van der Waals surface area contributed by atoms with E-state index in [0.717, 1.165) is 12.2 Å². The van der Waals surface area contributed by atoms with Gasteiger partial charge in [-0.1, -0.05) is 30.4 Å². The highest BCUT2D eigenvalue weighted by Crippen LogP contribution is 2.23. The molecule has 0 N–H and O–H groups in total. The Hall–Kier alpha value is -1.28. The summed E-state index contributed by atoms with van der Waals surface area (Å²) in [6.45, 7) is 1.98. The summed E-state index contributed by atoms with van der Waals surface area (Å²) >= 11 is 0. The first-order valence-electron chi connectivity index (χ1n) is 4.90. The molecule has 0 saturated carbocycles. The summed E-state index contributed by atoms with van der Waals surface area (Å²) in [5, 5.41) is 1.88. The summed E-state index contributed by atoms with van der Waals surface area (Å²) in [4.78, 5) is 5.46. The van der Waals surface area contributed by atoms with Crippen molar-refractivity contribution in [3.63, 3.8) is 0 Å². The third-order valence-electron chi connectivity index (χ3n) is 2.42. The van der Waals surface area contributed by atoms with Gasteiger partial charge < -0.3 is 4.84 Å². The van der Waals surface area contributed by atoms with Crippen molar-refractivity contribution >= 4 is 0 Å². The summed E-state index contributed by atoms with van der Waals surface area (Å²) < 4.78 is 0. The van der Waals surface area contributed by atoms with Gasteiger partial charge in [-0.05, 0) is 25.0 Å². The molecule has 0 bridgehead atoms. The van der Waals surface area contributed by atoms with Crippen LogP contribution in [0.15, 0.2) is 47.8 Å². The van der Waals surface area contributed by atoms with Gasteiger partial charge in [0.15, 0.2) is 0 Å². The number of hydrogen-bond donors (Lipinski definition) is 0. The van der Waals surface area contributed by atoms with Crippen molar-refractivity contribution in [2.75, 3.05) is 7.05 Å².